The summed E-state index contributed by atoms with van der Waals surface area (Å²) in [5.41, 5.74) is 2.04. The maximum atomic E-state index is 13.4. The average Bonchev–Trinajstić information content (AvgIpc) is 3.15. The molecule has 1 aromatic heterocycles. The van der Waals surface area contributed by atoms with E-state index in [1.54, 1.807) is 32.9 Å². The molecule has 0 fully saturated rings. The molecule has 3 rings (SSSR count). The van der Waals surface area contributed by atoms with Crippen molar-refractivity contribution in [1.82, 2.24) is 15.6 Å². The summed E-state index contributed by atoms with van der Waals surface area (Å²) in [6.07, 6.45) is -0.977. The highest BCUT2D eigenvalue weighted by molar-refractivity contribution is 6.09. The molecule has 0 radical (unpaired) electrons. The van der Waals surface area contributed by atoms with Crippen molar-refractivity contribution in [3.8, 4) is 11.1 Å². The number of carbonyl (C=O) groups is 2. The molecule has 7 nitrogen and oxygen atoms in total. The Kier molecular flexibility index (Phi) is 7.94. The first-order chi connectivity index (χ1) is 16.0. The highest BCUT2D eigenvalue weighted by Crippen LogP contribution is 2.32. The Bertz CT molecular complexity index is 1140. The minimum absolute atomic E-state index is 0.0435. The molecule has 3 aromatic rings. The van der Waals surface area contributed by atoms with Crippen LogP contribution in [-0.2, 0) is 4.74 Å². The molecule has 2 aromatic carbocycles. The van der Waals surface area contributed by atoms with Gasteiger partial charge in [-0.1, -0.05) is 37.3 Å². The fourth-order valence-corrected chi connectivity index (χ4v) is 3.73. The van der Waals surface area contributed by atoms with E-state index in [0.29, 0.717) is 24.2 Å². The zero-order valence-electron chi connectivity index (χ0n) is 19.9. The molecule has 0 aliphatic rings. The van der Waals surface area contributed by atoms with Gasteiger partial charge in [0, 0.05) is 29.6 Å². The smallest absolute Gasteiger partial charge is 0.407 e. The van der Waals surface area contributed by atoms with Gasteiger partial charge in [-0.3, -0.25) is 4.79 Å². The molecule has 1 heterocycles. The molecule has 0 saturated carbocycles. The summed E-state index contributed by atoms with van der Waals surface area (Å²) in [5, 5.41) is 16.6. The zero-order valence-corrected chi connectivity index (χ0v) is 19.9. The summed E-state index contributed by atoms with van der Waals surface area (Å²) in [6, 6.07) is 13.6. The van der Waals surface area contributed by atoms with E-state index in [9.17, 15) is 19.1 Å². The third-order valence-corrected chi connectivity index (χ3v) is 5.23. The van der Waals surface area contributed by atoms with Gasteiger partial charge in [0.2, 0.25) is 0 Å². The Morgan fingerprint density at radius 3 is 2.41 bits per heavy atom. The molecule has 8 heteroatoms. The first-order valence-electron chi connectivity index (χ1n) is 11.3. The number of amides is 2. The quantitative estimate of drug-likeness (QED) is 0.387. The van der Waals surface area contributed by atoms with Crippen LogP contribution >= 0.6 is 0 Å². The second-order valence-electron chi connectivity index (χ2n) is 9.51. The Labute approximate surface area is 198 Å². The van der Waals surface area contributed by atoms with Crippen LogP contribution in [0, 0.1) is 11.7 Å². The van der Waals surface area contributed by atoms with Gasteiger partial charge >= 0.3 is 6.09 Å². The Balaban J connectivity index is 1.61. The number of hydrogen-bond acceptors (Lipinski definition) is 4. The highest BCUT2D eigenvalue weighted by Gasteiger charge is 2.21. The molecule has 0 saturated heterocycles. The second kappa shape index (κ2) is 10.7. The van der Waals surface area contributed by atoms with Crippen LogP contribution in [0.3, 0.4) is 0 Å². The number of nitrogens with one attached hydrogen (secondary N) is 3. The maximum absolute atomic E-state index is 13.4. The van der Waals surface area contributed by atoms with Crippen molar-refractivity contribution < 1.29 is 23.8 Å². The van der Waals surface area contributed by atoms with Gasteiger partial charge < -0.3 is 25.5 Å². The molecule has 0 bridgehead atoms. The lowest BCUT2D eigenvalue weighted by atomic mass is 10.0. The Morgan fingerprint density at radius 2 is 1.74 bits per heavy atom. The molecule has 182 valence electrons. The van der Waals surface area contributed by atoms with E-state index in [4.69, 9.17) is 4.74 Å². The van der Waals surface area contributed by atoms with E-state index >= 15 is 0 Å². The first kappa shape index (κ1) is 25.2. The van der Waals surface area contributed by atoms with Crippen LogP contribution in [0.25, 0.3) is 22.0 Å². The second-order valence-corrected chi connectivity index (χ2v) is 9.51. The van der Waals surface area contributed by atoms with Crippen LogP contribution in [0.1, 0.15) is 44.6 Å². The maximum Gasteiger partial charge on any atom is 0.407 e. The van der Waals surface area contributed by atoms with Crippen LogP contribution in [0.4, 0.5) is 9.18 Å². The molecule has 4 N–H and O–H groups in total. The van der Waals surface area contributed by atoms with Crippen molar-refractivity contribution in [2.75, 3.05) is 13.1 Å². The van der Waals surface area contributed by atoms with Gasteiger partial charge in [0.05, 0.1) is 6.10 Å². The molecule has 2 amide bonds. The molecule has 0 aliphatic heterocycles. The predicted octanol–water partition coefficient (Wildman–Crippen LogP) is 4.62. The van der Waals surface area contributed by atoms with Crippen molar-refractivity contribution in [3.05, 3.63) is 60.0 Å². The number of aromatic nitrogens is 1. The van der Waals surface area contributed by atoms with Crippen molar-refractivity contribution in [2.45, 2.75) is 45.8 Å². The minimum Gasteiger partial charge on any atom is -0.444 e. The first-order valence-corrected chi connectivity index (χ1v) is 11.3. The van der Waals surface area contributed by atoms with E-state index < -0.39 is 17.8 Å². The molecule has 34 heavy (non-hydrogen) atoms. The lowest BCUT2D eigenvalue weighted by Gasteiger charge is -2.21. The van der Waals surface area contributed by atoms with Crippen molar-refractivity contribution >= 4 is 22.9 Å². The van der Waals surface area contributed by atoms with Crippen LogP contribution in [-0.4, -0.2) is 46.9 Å². The largest absolute Gasteiger partial charge is 0.444 e. The summed E-state index contributed by atoms with van der Waals surface area (Å²) in [5.74, 6) is -0.676. The normalized spacial score (nSPS) is 13.4. The standard InChI is InChI=1S/C26H32FN3O4/c1-16(13-19(31)15-29-25(33)34-26(2,3)4)14-28-24(32)23-22(17-9-11-18(27)12-10-17)20-7-5-6-8-21(20)30-23/h5-12,16,19,30-31H,13-15H2,1-4H3,(H,28,32)(H,29,33)/t16-,19?/m0/s1. The lowest BCUT2D eigenvalue weighted by molar-refractivity contribution is 0.0481. The highest BCUT2D eigenvalue weighted by atomic mass is 19.1. The number of carbonyl (C=O) groups excluding carboxylic acids is 2. The van der Waals surface area contributed by atoms with E-state index in [1.165, 1.54) is 12.1 Å². The zero-order chi connectivity index (χ0) is 24.9. The van der Waals surface area contributed by atoms with Gasteiger partial charge in [-0.25, -0.2) is 9.18 Å². The van der Waals surface area contributed by atoms with Crippen LogP contribution in [0.15, 0.2) is 48.5 Å². The summed E-state index contributed by atoms with van der Waals surface area (Å²) in [4.78, 5) is 28.0. The Hall–Kier alpha value is -3.39. The molecule has 0 spiro atoms. The number of benzene rings is 2. The number of alkyl carbamates (subject to hydrolysis) is 1. The number of aliphatic hydroxyl groups excluding tert-OH is 1. The third kappa shape index (κ3) is 6.81. The van der Waals surface area contributed by atoms with Gasteiger partial charge in [-0.2, -0.15) is 0 Å². The van der Waals surface area contributed by atoms with Crippen molar-refractivity contribution in [2.24, 2.45) is 5.92 Å². The van der Waals surface area contributed by atoms with Crippen molar-refractivity contribution in [3.63, 3.8) is 0 Å². The van der Waals surface area contributed by atoms with Crippen LogP contribution < -0.4 is 10.6 Å². The lowest BCUT2D eigenvalue weighted by Crippen LogP contribution is -2.38. The monoisotopic (exact) mass is 469 g/mol. The van der Waals surface area contributed by atoms with Gasteiger partial charge in [-0.15, -0.1) is 0 Å². The number of aliphatic hydroxyl groups is 1. The molecule has 2 atom stereocenters. The third-order valence-electron chi connectivity index (χ3n) is 5.23. The number of fused-ring (bicyclic) bond motifs is 1. The summed E-state index contributed by atoms with van der Waals surface area (Å²) >= 11 is 0. The number of ether oxygens (including phenoxy) is 1. The Morgan fingerprint density at radius 1 is 1.06 bits per heavy atom. The molecular formula is C26H32FN3O4. The average molecular weight is 470 g/mol. The summed E-state index contributed by atoms with van der Waals surface area (Å²) in [7, 11) is 0. The molecular weight excluding hydrogens is 437 g/mol. The summed E-state index contributed by atoms with van der Waals surface area (Å²) in [6.45, 7) is 7.60. The minimum atomic E-state index is -0.776. The summed E-state index contributed by atoms with van der Waals surface area (Å²) < 4.78 is 18.6. The number of aromatic amines is 1. The van der Waals surface area contributed by atoms with Crippen molar-refractivity contribution in [1.29, 1.82) is 0 Å². The molecule has 0 aliphatic carbocycles. The fourth-order valence-electron chi connectivity index (χ4n) is 3.73. The van der Waals surface area contributed by atoms with E-state index in [1.807, 2.05) is 31.2 Å². The number of para-hydroxylation sites is 1. The SMILES string of the molecule is C[C@H](CNC(=O)c1[nH]c2ccccc2c1-c1ccc(F)cc1)CC(O)CNC(=O)OC(C)(C)C. The molecule has 1 unspecified atom stereocenters. The number of hydrogen-bond donors (Lipinski definition) is 4. The van der Waals surface area contributed by atoms with E-state index in [-0.39, 0.29) is 24.2 Å². The number of rotatable bonds is 8. The topological polar surface area (TPSA) is 103 Å². The van der Waals surface area contributed by atoms with Gasteiger partial charge in [0.25, 0.3) is 5.91 Å². The van der Waals surface area contributed by atoms with E-state index in [2.05, 4.69) is 15.6 Å². The number of H-pyrrole nitrogens is 1. The van der Waals surface area contributed by atoms with Gasteiger partial charge in [0.15, 0.2) is 0 Å². The predicted molar refractivity (Wildman–Crippen MR) is 130 cm³/mol. The van der Waals surface area contributed by atoms with Crippen LogP contribution in [0.5, 0.6) is 0 Å². The van der Waals surface area contributed by atoms with E-state index in [0.717, 1.165) is 16.5 Å². The van der Waals surface area contributed by atoms with Crippen LogP contribution in [0.2, 0.25) is 0 Å². The fraction of sp³-hybridized carbons (Fsp3) is 0.385. The number of halogens is 1. The van der Waals surface area contributed by atoms with Gasteiger partial charge in [-0.05, 0) is 56.9 Å². The van der Waals surface area contributed by atoms with Gasteiger partial charge in [0.1, 0.15) is 17.1 Å².